The topological polar surface area (TPSA) is 61.0 Å². The lowest BCUT2D eigenvalue weighted by Crippen LogP contribution is -2.13. The number of nitrogens with one attached hydrogen (secondary N) is 2. The second-order valence-corrected chi connectivity index (χ2v) is 5.77. The smallest absolute Gasteiger partial charge is 0.276 e. The molecule has 112 valence electrons. The minimum atomic E-state index is -0.196. The number of nitrogens with zero attached hydrogens (tertiary/aromatic N) is 2. The molecule has 1 aromatic carbocycles. The Morgan fingerprint density at radius 2 is 1.95 bits per heavy atom. The molecule has 2 rings (SSSR count). The van der Waals surface area contributed by atoms with Gasteiger partial charge in [0.25, 0.3) is 5.91 Å². The molecule has 0 saturated heterocycles. The van der Waals surface area contributed by atoms with Crippen LogP contribution in [0.15, 0.2) is 30.3 Å². The molecule has 2 aromatic rings. The van der Waals surface area contributed by atoms with E-state index in [4.69, 9.17) is 0 Å². The number of rotatable bonds is 5. The number of aromatic nitrogens is 2. The summed E-state index contributed by atoms with van der Waals surface area (Å²) in [7, 11) is 3.96. The van der Waals surface area contributed by atoms with Crippen molar-refractivity contribution in [3.05, 3.63) is 41.7 Å². The second kappa shape index (κ2) is 6.43. The SMILES string of the molecule is CC(C)Cc1cc(C(=O)Nc2ccc(N(C)C)cc2)n[nH]1. The second-order valence-electron chi connectivity index (χ2n) is 5.77. The quantitative estimate of drug-likeness (QED) is 0.888. The van der Waals surface area contributed by atoms with Crippen molar-refractivity contribution in [3.63, 3.8) is 0 Å². The van der Waals surface area contributed by atoms with Crippen LogP contribution in [0.1, 0.15) is 30.0 Å². The molecule has 0 aliphatic carbocycles. The van der Waals surface area contributed by atoms with Crippen LogP contribution in [-0.2, 0) is 6.42 Å². The Hall–Kier alpha value is -2.30. The van der Waals surface area contributed by atoms with E-state index < -0.39 is 0 Å². The minimum Gasteiger partial charge on any atom is -0.378 e. The minimum absolute atomic E-state index is 0.196. The Bertz CT molecular complexity index is 599. The fourth-order valence-corrected chi connectivity index (χ4v) is 2.06. The Morgan fingerprint density at radius 1 is 1.29 bits per heavy atom. The highest BCUT2D eigenvalue weighted by Crippen LogP contribution is 2.16. The zero-order valence-electron chi connectivity index (χ0n) is 13.0. The van der Waals surface area contributed by atoms with Crippen LogP contribution in [-0.4, -0.2) is 30.2 Å². The van der Waals surface area contributed by atoms with Gasteiger partial charge in [-0.1, -0.05) is 13.8 Å². The zero-order chi connectivity index (χ0) is 15.4. The molecular weight excluding hydrogens is 264 g/mol. The van der Waals surface area contributed by atoms with Gasteiger partial charge in [0.1, 0.15) is 0 Å². The number of amides is 1. The third-order valence-corrected chi connectivity index (χ3v) is 3.13. The Labute approximate surface area is 125 Å². The summed E-state index contributed by atoms with van der Waals surface area (Å²) in [6, 6.07) is 9.50. The van der Waals surface area contributed by atoms with Crippen molar-refractivity contribution < 1.29 is 4.79 Å². The number of hydrogen-bond donors (Lipinski definition) is 2. The zero-order valence-corrected chi connectivity index (χ0v) is 13.0. The average Bonchev–Trinajstić information content (AvgIpc) is 2.87. The van der Waals surface area contributed by atoms with Crippen LogP contribution in [0.5, 0.6) is 0 Å². The van der Waals surface area contributed by atoms with E-state index in [2.05, 4.69) is 29.4 Å². The standard InChI is InChI=1S/C16H22N4O/c1-11(2)9-13-10-15(19-18-13)16(21)17-12-5-7-14(8-6-12)20(3)4/h5-8,10-11H,9H2,1-4H3,(H,17,21)(H,18,19). The van der Waals surface area contributed by atoms with Crippen molar-refractivity contribution in [1.29, 1.82) is 0 Å². The molecule has 5 nitrogen and oxygen atoms in total. The number of aromatic amines is 1. The van der Waals surface area contributed by atoms with Crippen molar-refractivity contribution in [1.82, 2.24) is 10.2 Å². The fraction of sp³-hybridized carbons (Fsp3) is 0.375. The summed E-state index contributed by atoms with van der Waals surface area (Å²) in [5.74, 6) is 0.332. The number of hydrogen-bond acceptors (Lipinski definition) is 3. The normalized spacial score (nSPS) is 10.7. The van der Waals surface area contributed by atoms with E-state index in [1.54, 1.807) is 0 Å². The van der Waals surface area contributed by atoms with Crippen LogP contribution in [0.25, 0.3) is 0 Å². The first kappa shape index (κ1) is 15.1. The maximum Gasteiger partial charge on any atom is 0.276 e. The van der Waals surface area contributed by atoms with Crippen molar-refractivity contribution in [2.24, 2.45) is 5.92 Å². The highest BCUT2D eigenvalue weighted by atomic mass is 16.1. The van der Waals surface area contributed by atoms with Gasteiger partial charge < -0.3 is 10.2 Å². The van der Waals surface area contributed by atoms with Crippen LogP contribution in [0.3, 0.4) is 0 Å². The van der Waals surface area contributed by atoms with Crippen LogP contribution >= 0.6 is 0 Å². The molecule has 2 N–H and O–H groups in total. The highest BCUT2D eigenvalue weighted by molar-refractivity contribution is 6.02. The number of carbonyl (C=O) groups is 1. The highest BCUT2D eigenvalue weighted by Gasteiger charge is 2.11. The van der Waals surface area contributed by atoms with Gasteiger partial charge in [-0.3, -0.25) is 9.89 Å². The summed E-state index contributed by atoms with van der Waals surface area (Å²) in [6.07, 6.45) is 0.887. The molecule has 0 saturated carbocycles. The monoisotopic (exact) mass is 286 g/mol. The van der Waals surface area contributed by atoms with Gasteiger partial charge >= 0.3 is 0 Å². The number of carbonyl (C=O) groups excluding carboxylic acids is 1. The summed E-state index contributed by atoms with van der Waals surface area (Å²) >= 11 is 0. The van der Waals surface area contributed by atoms with Crippen LogP contribution in [0, 0.1) is 5.92 Å². The average molecular weight is 286 g/mol. The van der Waals surface area contributed by atoms with Crippen molar-refractivity contribution in [2.75, 3.05) is 24.3 Å². The molecule has 1 aromatic heterocycles. The van der Waals surface area contributed by atoms with Gasteiger partial charge in [0, 0.05) is 31.2 Å². The molecule has 5 heteroatoms. The van der Waals surface area contributed by atoms with E-state index >= 15 is 0 Å². The van der Waals surface area contributed by atoms with Gasteiger partial charge in [0.15, 0.2) is 5.69 Å². The molecule has 0 unspecified atom stereocenters. The number of benzene rings is 1. The van der Waals surface area contributed by atoms with E-state index in [1.165, 1.54) is 0 Å². The molecule has 0 fully saturated rings. The molecule has 0 aliphatic rings. The maximum atomic E-state index is 12.1. The third-order valence-electron chi connectivity index (χ3n) is 3.13. The van der Waals surface area contributed by atoms with Crippen LogP contribution < -0.4 is 10.2 Å². The third kappa shape index (κ3) is 4.08. The van der Waals surface area contributed by atoms with Crippen LogP contribution in [0.2, 0.25) is 0 Å². The van der Waals surface area contributed by atoms with E-state index in [9.17, 15) is 4.79 Å². The molecule has 0 atom stereocenters. The maximum absolute atomic E-state index is 12.1. The van der Waals surface area contributed by atoms with Gasteiger partial charge in [-0.2, -0.15) is 5.10 Å². The van der Waals surface area contributed by atoms with Crippen molar-refractivity contribution in [3.8, 4) is 0 Å². The molecule has 21 heavy (non-hydrogen) atoms. The first-order valence-electron chi connectivity index (χ1n) is 7.08. The summed E-state index contributed by atoms with van der Waals surface area (Å²) in [4.78, 5) is 14.1. The Balaban J connectivity index is 2.02. The lowest BCUT2D eigenvalue weighted by Gasteiger charge is -2.12. The lowest BCUT2D eigenvalue weighted by molar-refractivity contribution is 0.102. The first-order chi connectivity index (χ1) is 9.95. The molecular formula is C16H22N4O. The molecule has 0 bridgehead atoms. The van der Waals surface area contributed by atoms with Gasteiger partial charge in [-0.25, -0.2) is 0 Å². The Morgan fingerprint density at radius 3 is 2.52 bits per heavy atom. The molecule has 0 aliphatic heterocycles. The van der Waals surface area contributed by atoms with Gasteiger partial charge in [0.05, 0.1) is 0 Å². The predicted molar refractivity (Wildman–Crippen MR) is 85.9 cm³/mol. The largest absolute Gasteiger partial charge is 0.378 e. The molecule has 1 heterocycles. The summed E-state index contributed by atoms with van der Waals surface area (Å²) in [5, 5.41) is 9.83. The number of anilines is 2. The Kier molecular flexibility index (Phi) is 4.62. The van der Waals surface area contributed by atoms with Gasteiger partial charge in [-0.15, -0.1) is 0 Å². The van der Waals surface area contributed by atoms with E-state index in [1.807, 2.05) is 49.3 Å². The van der Waals surface area contributed by atoms with E-state index in [0.717, 1.165) is 23.5 Å². The molecule has 0 radical (unpaired) electrons. The summed E-state index contributed by atoms with van der Waals surface area (Å²) in [5.41, 5.74) is 3.26. The summed E-state index contributed by atoms with van der Waals surface area (Å²) < 4.78 is 0. The number of H-pyrrole nitrogens is 1. The first-order valence-corrected chi connectivity index (χ1v) is 7.08. The molecule has 0 spiro atoms. The van der Waals surface area contributed by atoms with Crippen molar-refractivity contribution in [2.45, 2.75) is 20.3 Å². The van der Waals surface area contributed by atoms with Crippen LogP contribution in [0.4, 0.5) is 11.4 Å². The predicted octanol–water partition coefficient (Wildman–Crippen LogP) is 2.93. The van der Waals surface area contributed by atoms with Gasteiger partial charge in [0.2, 0.25) is 0 Å². The van der Waals surface area contributed by atoms with E-state index in [-0.39, 0.29) is 5.91 Å². The van der Waals surface area contributed by atoms with Crippen molar-refractivity contribution >= 4 is 17.3 Å². The lowest BCUT2D eigenvalue weighted by atomic mass is 10.1. The van der Waals surface area contributed by atoms with Gasteiger partial charge in [-0.05, 0) is 42.7 Å². The molecule has 1 amide bonds. The van der Waals surface area contributed by atoms with E-state index in [0.29, 0.717) is 11.6 Å². The fourth-order valence-electron chi connectivity index (χ4n) is 2.06. The summed E-state index contributed by atoms with van der Waals surface area (Å²) in [6.45, 7) is 4.26.